The number of aromatic nitrogens is 1. The van der Waals surface area contributed by atoms with Crippen LogP contribution in [0.25, 0.3) is 11.1 Å². The number of carbonyl (C=O) groups is 1. The molecule has 1 aliphatic heterocycles. The van der Waals surface area contributed by atoms with Crippen molar-refractivity contribution in [3.63, 3.8) is 0 Å². The maximum absolute atomic E-state index is 13.2. The van der Waals surface area contributed by atoms with Crippen molar-refractivity contribution in [1.29, 1.82) is 0 Å². The van der Waals surface area contributed by atoms with E-state index < -0.39 is 11.2 Å². The van der Waals surface area contributed by atoms with Crippen LogP contribution < -0.4 is 4.74 Å². The van der Waals surface area contributed by atoms with Gasteiger partial charge in [-0.25, -0.2) is 9.78 Å². The lowest BCUT2D eigenvalue weighted by Gasteiger charge is -2.45. The molecule has 0 aliphatic carbocycles. The van der Waals surface area contributed by atoms with Gasteiger partial charge in [0.05, 0.1) is 18.8 Å². The van der Waals surface area contributed by atoms with Crippen molar-refractivity contribution in [3.05, 3.63) is 84.1 Å². The van der Waals surface area contributed by atoms with Crippen LogP contribution >= 0.6 is 0 Å². The smallest absolute Gasteiger partial charge is 0.411 e. The first kappa shape index (κ1) is 23.8. The van der Waals surface area contributed by atoms with Gasteiger partial charge in [-0.3, -0.25) is 0 Å². The van der Waals surface area contributed by atoms with E-state index in [1.165, 1.54) is 0 Å². The van der Waals surface area contributed by atoms with Crippen molar-refractivity contribution in [3.8, 4) is 17.0 Å². The fourth-order valence-corrected chi connectivity index (χ4v) is 4.73. The average Bonchev–Trinajstić information content (AvgIpc) is 2.83. The molecule has 1 aliphatic rings. The number of carbonyl (C=O) groups excluding carboxylic acids is 1. The fraction of sp³-hybridized carbons (Fsp3) is 0.357. The Morgan fingerprint density at radius 1 is 1.12 bits per heavy atom. The van der Waals surface area contributed by atoms with Crippen molar-refractivity contribution in [2.45, 2.75) is 50.9 Å². The maximum Gasteiger partial charge on any atom is 0.411 e. The lowest BCUT2D eigenvalue weighted by Crippen LogP contribution is -2.51. The van der Waals surface area contributed by atoms with E-state index in [-0.39, 0.29) is 12.1 Å². The van der Waals surface area contributed by atoms with E-state index in [1.807, 2.05) is 73.7 Å². The molecular weight excluding hydrogens is 428 g/mol. The van der Waals surface area contributed by atoms with E-state index in [2.05, 4.69) is 4.98 Å². The first-order valence-electron chi connectivity index (χ1n) is 11.6. The summed E-state index contributed by atoms with van der Waals surface area (Å²) in [5, 5.41) is 10.6. The van der Waals surface area contributed by atoms with Gasteiger partial charge in [0, 0.05) is 31.6 Å². The van der Waals surface area contributed by atoms with Crippen molar-refractivity contribution in [2.24, 2.45) is 0 Å². The van der Waals surface area contributed by atoms with Crippen molar-refractivity contribution in [2.75, 3.05) is 13.7 Å². The van der Waals surface area contributed by atoms with Crippen LogP contribution in [-0.2, 0) is 10.3 Å². The van der Waals surface area contributed by atoms with E-state index in [1.54, 1.807) is 32.1 Å². The normalized spacial score (nSPS) is 19.4. The van der Waals surface area contributed by atoms with Gasteiger partial charge in [-0.1, -0.05) is 54.6 Å². The number of ether oxygens (including phenoxy) is 2. The SMILES string of the molecule is COc1cc(-c2ccc([C@H](C)N3CC[C@](CC(C)(C)O)(c4ccccc4)OC3=O)cc2)ccn1. The predicted octanol–water partition coefficient (Wildman–Crippen LogP) is 5.72. The van der Waals surface area contributed by atoms with Gasteiger partial charge in [0.25, 0.3) is 0 Å². The quantitative estimate of drug-likeness (QED) is 0.488. The highest BCUT2D eigenvalue weighted by atomic mass is 16.6. The first-order chi connectivity index (χ1) is 16.2. The lowest BCUT2D eigenvalue weighted by atomic mass is 9.80. The molecule has 0 spiro atoms. The minimum absolute atomic E-state index is 0.149. The van der Waals surface area contributed by atoms with E-state index in [0.717, 1.165) is 22.3 Å². The number of rotatable bonds is 7. The van der Waals surface area contributed by atoms with Gasteiger partial charge in [0.1, 0.15) is 5.60 Å². The van der Waals surface area contributed by atoms with E-state index in [0.29, 0.717) is 25.3 Å². The Morgan fingerprint density at radius 3 is 2.44 bits per heavy atom. The zero-order valence-electron chi connectivity index (χ0n) is 20.2. The number of hydrogen-bond donors (Lipinski definition) is 1. The Hall–Kier alpha value is -3.38. The third-order valence-electron chi connectivity index (χ3n) is 6.43. The molecule has 2 heterocycles. The summed E-state index contributed by atoms with van der Waals surface area (Å²) in [6.45, 7) is 6.05. The molecule has 0 radical (unpaired) electrons. The van der Waals surface area contributed by atoms with Gasteiger partial charge in [0.15, 0.2) is 0 Å². The largest absolute Gasteiger partial charge is 0.481 e. The molecule has 2 atom stereocenters. The fourth-order valence-electron chi connectivity index (χ4n) is 4.73. The van der Waals surface area contributed by atoms with Crippen molar-refractivity contribution < 1.29 is 19.4 Å². The molecule has 2 aromatic carbocycles. The molecule has 34 heavy (non-hydrogen) atoms. The molecule has 4 rings (SSSR count). The summed E-state index contributed by atoms with van der Waals surface area (Å²) in [5.41, 5.74) is 2.17. The molecule has 1 N–H and O–H groups in total. The van der Waals surface area contributed by atoms with Crippen LogP contribution in [0.3, 0.4) is 0 Å². The topological polar surface area (TPSA) is 71.9 Å². The number of hydrogen-bond acceptors (Lipinski definition) is 5. The van der Waals surface area contributed by atoms with Crippen LogP contribution in [0.5, 0.6) is 5.88 Å². The number of pyridine rings is 1. The third kappa shape index (κ3) is 5.07. The Balaban J connectivity index is 1.53. The summed E-state index contributed by atoms with van der Waals surface area (Å²) in [7, 11) is 1.60. The summed E-state index contributed by atoms with van der Waals surface area (Å²) in [6, 6.07) is 21.6. The molecule has 178 valence electrons. The molecule has 6 heteroatoms. The third-order valence-corrected chi connectivity index (χ3v) is 6.43. The monoisotopic (exact) mass is 460 g/mol. The van der Waals surface area contributed by atoms with Gasteiger partial charge in [-0.2, -0.15) is 0 Å². The van der Waals surface area contributed by atoms with Crippen molar-refractivity contribution >= 4 is 6.09 Å². The highest BCUT2D eigenvalue weighted by Crippen LogP contribution is 2.42. The second-order valence-corrected chi connectivity index (χ2v) is 9.55. The molecule has 1 amide bonds. The number of nitrogens with zero attached hydrogens (tertiary/aromatic N) is 2. The summed E-state index contributed by atoms with van der Waals surface area (Å²) < 4.78 is 11.3. The summed E-state index contributed by atoms with van der Waals surface area (Å²) in [5.74, 6) is 0.568. The standard InChI is InChI=1S/C28H32N2O4/c1-20(21-10-12-22(13-11-21)23-14-16-29-25(18-23)33-4)30-17-15-28(34-26(30)31,19-27(2,3)32)24-8-6-5-7-9-24/h5-14,16,18,20,32H,15,17,19H2,1-4H3/t20-,28-/m0/s1. The second-order valence-electron chi connectivity index (χ2n) is 9.55. The van der Waals surface area contributed by atoms with Gasteiger partial charge < -0.3 is 19.5 Å². The highest BCUT2D eigenvalue weighted by Gasteiger charge is 2.46. The predicted molar refractivity (Wildman–Crippen MR) is 131 cm³/mol. The average molecular weight is 461 g/mol. The van der Waals surface area contributed by atoms with E-state index >= 15 is 0 Å². The molecule has 0 saturated carbocycles. The summed E-state index contributed by atoms with van der Waals surface area (Å²) >= 11 is 0. The Labute approximate surface area is 201 Å². The first-order valence-corrected chi connectivity index (χ1v) is 11.6. The van der Waals surface area contributed by atoms with Gasteiger partial charge >= 0.3 is 6.09 Å². The van der Waals surface area contributed by atoms with Gasteiger partial charge in [-0.05, 0) is 49.1 Å². The lowest BCUT2D eigenvalue weighted by molar-refractivity contribution is -0.101. The Morgan fingerprint density at radius 2 is 1.82 bits per heavy atom. The molecule has 1 saturated heterocycles. The highest BCUT2D eigenvalue weighted by molar-refractivity contribution is 5.70. The van der Waals surface area contributed by atoms with Crippen LogP contribution in [0.4, 0.5) is 4.79 Å². The summed E-state index contributed by atoms with van der Waals surface area (Å²) in [6.07, 6.45) is 2.30. The molecule has 6 nitrogen and oxygen atoms in total. The second kappa shape index (κ2) is 9.47. The summed E-state index contributed by atoms with van der Waals surface area (Å²) in [4.78, 5) is 19.2. The minimum atomic E-state index is -0.977. The van der Waals surface area contributed by atoms with Gasteiger partial charge in [0.2, 0.25) is 5.88 Å². The van der Waals surface area contributed by atoms with E-state index in [9.17, 15) is 9.90 Å². The van der Waals surface area contributed by atoms with Crippen molar-refractivity contribution in [1.82, 2.24) is 9.88 Å². The number of amides is 1. The molecule has 1 fully saturated rings. The van der Waals surface area contributed by atoms with Gasteiger partial charge in [-0.15, -0.1) is 0 Å². The Bertz CT molecular complexity index is 1130. The molecule has 0 bridgehead atoms. The minimum Gasteiger partial charge on any atom is -0.481 e. The Kier molecular flexibility index (Phi) is 6.62. The number of cyclic esters (lactones) is 1. The number of methoxy groups -OCH3 is 1. The number of benzene rings is 2. The van der Waals surface area contributed by atoms with Crippen LogP contribution in [0.15, 0.2) is 72.9 Å². The van der Waals surface area contributed by atoms with Crippen LogP contribution in [0.2, 0.25) is 0 Å². The van der Waals surface area contributed by atoms with E-state index in [4.69, 9.17) is 9.47 Å². The molecule has 0 unspecified atom stereocenters. The maximum atomic E-state index is 13.2. The molecular formula is C28H32N2O4. The molecule has 3 aromatic rings. The van der Waals surface area contributed by atoms with Crippen LogP contribution in [0, 0.1) is 0 Å². The van der Waals surface area contributed by atoms with Crippen LogP contribution in [0.1, 0.15) is 50.8 Å². The van der Waals surface area contributed by atoms with Crippen LogP contribution in [-0.4, -0.2) is 40.3 Å². The zero-order chi connectivity index (χ0) is 24.3. The zero-order valence-corrected chi connectivity index (χ0v) is 20.2. The number of aliphatic hydroxyl groups is 1. The molecule has 1 aromatic heterocycles.